The van der Waals surface area contributed by atoms with Crippen LogP contribution in [0.15, 0.2) is 48.2 Å². The quantitative estimate of drug-likeness (QED) is 0.586. The van der Waals surface area contributed by atoms with Crippen molar-refractivity contribution in [1.82, 2.24) is 5.32 Å². The molecule has 152 valence electrons. The van der Waals surface area contributed by atoms with Gasteiger partial charge in [-0.2, -0.15) is 0 Å². The smallest absolute Gasteiger partial charge is 0.352 e. The fraction of sp³-hybridized carbons (Fsp3) is 0.190. The van der Waals surface area contributed by atoms with Gasteiger partial charge in [0.05, 0.1) is 15.6 Å². The Morgan fingerprint density at radius 3 is 2.00 bits per heavy atom. The Hall–Kier alpha value is -2.83. The SMILES string of the molecule is CC(C)(C)C(=O)N/C(=C/c1ccc(NC(=O)c2c(Cl)cccc2Cl)cc1)C(=O)O. The number of carbonyl (C=O) groups excluding carboxylic acids is 2. The van der Waals surface area contributed by atoms with Crippen molar-refractivity contribution in [1.29, 1.82) is 0 Å². The van der Waals surface area contributed by atoms with Crippen LogP contribution in [0.1, 0.15) is 36.7 Å². The van der Waals surface area contributed by atoms with Crippen molar-refractivity contribution in [3.63, 3.8) is 0 Å². The largest absolute Gasteiger partial charge is 0.477 e. The highest BCUT2D eigenvalue weighted by molar-refractivity contribution is 6.40. The number of amides is 2. The highest BCUT2D eigenvalue weighted by Crippen LogP contribution is 2.25. The molecule has 0 fully saturated rings. The highest BCUT2D eigenvalue weighted by Gasteiger charge is 2.23. The van der Waals surface area contributed by atoms with Gasteiger partial charge in [-0.05, 0) is 35.9 Å². The van der Waals surface area contributed by atoms with Gasteiger partial charge in [0, 0.05) is 11.1 Å². The van der Waals surface area contributed by atoms with E-state index in [9.17, 15) is 19.5 Å². The molecule has 0 heterocycles. The first-order valence-electron chi connectivity index (χ1n) is 8.61. The number of hydrogen-bond donors (Lipinski definition) is 3. The van der Waals surface area contributed by atoms with Crippen molar-refractivity contribution < 1.29 is 19.5 Å². The fourth-order valence-electron chi connectivity index (χ4n) is 2.20. The van der Waals surface area contributed by atoms with Crippen molar-refractivity contribution in [3.05, 3.63) is 69.3 Å². The van der Waals surface area contributed by atoms with E-state index in [2.05, 4.69) is 10.6 Å². The average Bonchev–Trinajstić information content (AvgIpc) is 2.61. The van der Waals surface area contributed by atoms with E-state index in [-0.39, 0.29) is 21.3 Å². The summed E-state index contributed by atoms with van der Waals surface area (Å²) in [4.78, 5) is 35.9. The Bertz CT molecular complexity index is 957. The number of hydrogen-bond acceptors (Lipinski definition) is 3. The lowest BCUT2D eigenvalue weighted by Crippen LogP contribution is -2.36. The van der Waals surface area contributed by atoms with E-state index in [0.29, 0.717) is 11.3 Å². The molecule has 2 amide bonds. The summed E-state index contributed by atoms with van der Waals surface area (Å²) in [6.07, 6.45) is 1.34. The van der Waals surface area contributed by atoms with Gasteiger partial charge in [0.1, 0.15) is 5.70 Å². The summed E-state index contributed by atoms with van der Waals surface area (Å²) in [5.41, 5.74) is 0.189. The van der Waals surface area contributed by atoms with Crippen LogP contribution in [0.4, 0.5) is 5.69 Å². The lowest BCUT2D eigenvalue weighted by Gasteiger charge is -2.17. The molecule has 0 aliphatic rings. The van der Waals surface area contributed by atoms with E-state index in [0.717, 1.165) is 0 Å². The zero-order valence-electron chi connectivity index (χ0n) is 16.0. The first-order valence-corrected chi connectivity index (χ1v) is 9.36. The Morgan fingerprint density at radius 1 is 0.966 bits per heavy atom. The molecule has 0 atom stereocenters. The minimum Gasteiger partial charge on any atom is -0.477 e. The maximum absolute atomic E-state index is 12.4. The third-order valence-electron chi connectivity index (χ3n) is 3.83. The minimum atomic E-state index is -1.26. The average molecular weight is 435 g/mol. The number of aliphatic carboxylic acids is 1. The zero-order valence-corrected chi connectivity index (χ0v) is 17.6. The summed E-state index contributed by atoms with van der Waals surface area (Å²) < 4.78 is 0. The summed E-state index contributed by atoms with van der Waals surface area (Å²) in [6.45, 7) is 5.06. The molecule has 29 heavy (non-hydrogen) atoms. The van der Waals surface area contributed by atoms with Crippen molar-refractivity contribution >= 4 is 52.7 Å². The highest BCUT2D eigenvalue weighted by atomic mass is 35.5. The van der Waals surface area contributed by atoms with Gasteiger partial charge >= 0.3 is 5.97 Å². The molecule has 0 aliphatic heterocycles. The van der Waals surface area contributed by atoms with Gasteiger partial charge in [0.25, 0.3) is 5.91 Å². The predicted molar refractivity (Wildman–Crippen MR) is 114 cm³/mol. The van der Waals surface area contributed by atoms with Crippen LogP contribution in [-0.4, -0.2) is 22.9 Å². The van der Waals surface area contributed by atoms with E-state index in [1.807, 2.05) is 0 Å². The number of nitrogens with one attached hydrogen (secondary N) is 2. The second kappa shape index (κ2) is 9.11. The molecule has 2 aromatic carbocycles. The van der Waals surface area contributed by atoms with Gasteiger partial charge in [0.2, 0.25) is 5.91 Å². The van der Waals surface area contributed by atoms with Crippen LogP contribution in [0.5, 0.6) is 0 Å². The van der Waals surface area contributed by atoms with Gasteiger partial charge in [0.15, 0.2) is 0 Å². The molecule has 3 N–H and O–H groups in total. The molecule has 0 unspecified atom stereocenters. The molecule has 0 bridgehead atoms. The van der Waals surface area contributed by atoms with E-state index in [1.165, 1.54) is 6.08 Å². The maximum atomic E-state index is 12.4. The second-order valence-electron chi connectivity index (χ2n) is 7.24. The number of anilines is 1. The van der Waals surface area contributed by atoms with Gasteiger partial charge in [-0.15, -0.1) is 0 Å². The van der Waals surface area contributed by atoms with Gasteiger partial charge in [-0.1, -0.05) is 62.2 Å². The van der Waals surface area contributed by atoms with Crippen molar-refractivity contribution in [2.24, 2.45) is 5.41 Å². The molecule has 0 saturated carbocycles. The van der Waals surface area contributed by atoms with Crippen molar-refractivity contribution in [3.8, 4) is 0 Å². The summed E-state index contributed by atoms with van der Waals surface area (Å²) in [7, 11) is 0. The Labute approximate surface area is 178 Å². The summed E-state index contributed by atoms with van der Waals surface area (Å²) in [5.74, 6) is -2.13. The number of rotatable bonds is 5. The van der Waals surface area contributed by atoms with Crippen LogP contribution in [0.3, 0.4) is 0 Å². The lowest BCUT2D eigenvalue weighted by atomic mass is 9.95. The zero-order chi connectivity index (χ0) is 21.8. The monoisotopic (exact) mass is 434 g/mol. The summed E-state index contributed by atoms with van der Waals surface area (Å²) in [6, 6.07) is 11.2. The number of carboxylic acid groups (broad SMARTS) is 1. The molecular formula is C21H20Cl2N2O4. The topological polar surface area (TPSA) is 95.5 Å². The van der Waals surface area contributed by atoms with Crippen molar-refractivity contribution in [2.75, 3.05) is 5.32 Å². The van der Waals surface area contributed by atoms with Gasteiger partial charge in [-0.3, -0.25) is 9.59 Å². The van der Waals surface area contributed by atoms with Crippen LogP contribution >= 0.6 is 23.2 Å². The number of carbonyl (C=O) groups is 3. The minimum absolute atomic E-state index is 0.165. The van der Waals surface area contributed by atoms with Crippen LogP contribution in [0.2, 0.25) is 10.0 Å². The number of benzene rings is 2. The molecule has 0 aliphatic carbocycles. The van der Waals surface area contributed by atoms with Crippen molar-refractivity contribution in [2.45, 2.75) is 20.8 Å². The Kier molecular flexibility index (Phi) is 7.06. The summed E-state index contributed by atoms with van der Waals surface area (Å²) in [5, 5.41) is 14.9. The maximum Gasteiger partial charge on any atom is 0.352 e. The van der Waals surface area contributed by atoms with E-state index in [1.54, 1.807) is 63.2 Å². The van der Waals surface area contributed by atoms with E-state index in [4.69, 9.17) is 23.2 Å². The Balaban J connectivity index is 2.18. The molecule has 0 aromatic heterocycles. The second-order valence-corrected chi connectivity index (χ2v) is 8.05. The lowest BCUT2D eigenvalue weighted by molar-refractivity contribution is -0.136. The van der Waals surface area contributed by atoms with Crippen LogP contribution in [0.25, 0.3) is 6.08 Å². The molecule has 2 rings (SSSR count). The van der Waals surface area contributed by atoms with Gasteiger partial charge < -0.3 is 15.7 Å². The number of halogens is 2. The van der Waals surface area contributed by atoms with E-state index >= 15 is 0 Å². The predicted octanol–water partition coefficient (Wildman–Crippen LogP) is 4.83. The van der Waals surface area contributed by atoms with Gasteiger partial charge in [-0.25, -0.2) is 4.79 Å². The normalized spacial score (nSPS) is 11.7. The van der Waals surface area contributed by atoms with Crippen LogP contribution in [0, 0.1) is 5.41 Å². The molecule has 0 radical (unpaired) electrons. The number of carboxylic acids is 1. The first kappa shape index (κ1) is 22.5. The molecular weight excluding hydrogens is 415 g/mol. The molecule has 2 aromatic rings. The third kappa shape index (κ3) is 6.07. The standard InChI is InChI=1S/C21H20Cl2N2O4/c1-21(2,3)20(29)25-16(19(27)28)11-12-7-9-13(10-8-12)24-18(26)17-14(22)5-4-6-15(17)23/h4-11H,1-3H3,(H,24,26)(H,25,29)(H,27,28)/b16-11+. The summed E-state index contributed by atoms with van der Waals surface area (Å²) >= 11 is 12.1. The van der Waals surface area contributed by atoms with Crippen LogP contribution in [-0.2, 0) is 9.59 Å². The molecule has 6 nitrogen and oxygen atoms in total. The molecule has 0 spiro atoms. The van der Waals surface area contributed by atoms with E-state index < -0.39 is 23.2 Å². The molecule has 0 saturated heterocycles. The fourth-order valence-corrected chi connectivity index (χ4v) is 2.77. The first-order chi connectivity index (χ1) is 13.5. The third-order valence-corrected chi connectivity index (χ3v) is 4.46. The Morgan fingerprint density at radius 2 is 1.52 bits per heavy atom. The molecule has 8 heteroatoms. The van der Waals surface area contributed by atoms with Crippen LogP contribution < -0.4 is 10.6 Å².